The van der Waals surface area contributed by atoms with Crippen LogP contribution in [0.3, 0.4) is 0 Å². The van der Waals surface area contributed by atoms with Gasteiger partial charge in [0.2, 0.25) is 5.91 Å². The van der Waals surface area contributed by atoms with Crippen LogP contribution in [-0.2, 0) is 4.79 Å². The number of pyridine rings is 2. The van der Waals surface area contributed by atoms with Gasteiger partial charge in [0, 0.05) is 26.1 Å². The van der Waals surface area contributed by atoms with Crippen LogP contribution in [0.4, 0.5) is 17.3 Å². The molecule has 1 saturated heterocycles. The fraction of sp³-hybridized carbons (Fsp3) is 0.409. The summed E-state index contributed by atoms with van der Waals surface area (Å²) in [5.74, 6) is 1.86. The molecule has 4 heterocycles. The molecule has 1 aliphatic rings. The fourth-order valence-corrected chi connectivity index (χ4v) is 3.66. The van der Waals surface area contributed by atoms with Crippen LogP contribution in [0.5, 0.6) is 0 Å². The van der Waals surface area contributed by atoms with Crippen molar-refractivity contribution in [3.8, 4) is 0 Å². The van der Waals surface area contributed by atoms with Gasteiger partial charge < -0.3 is 15.5 Å². The second kappa shape index (κ2) is 8.61. The molecule has 0 spiro atoms. The van der Waals surface area contributed by atoms with Crippen molar-refractivity contribution in [2.24, 2.45) is 0 Å². The number of carbonyl (C=O) groups excluding carboxylic acids is 1. The van der Waals surface area contributed by atoms with Crippen molar-refractivity contribution in [2.45, 2.75) is 45.6 Å². The number of hydrogen-bond acceptors (Lipinski definition) is 7. The number of aromatic nitrogens is 4. The summed E-state index contributed by atoms with van der Waals surface area (Å²) in [5.41, 5.74) is 3.64. The Morgan fingerprint density at radius 2 is 2.03 bits per heavy atom. The molecule has 1 aliphatic heterocycles. The Kier molecular flexibility index (Phi) is 5.74. The van der Waals surface area contributed by atoms with Crippen molar-refractivity contribution in [1.29, 1.82) is 0 Å². The molecule has 0 saturated carbocycles. The first-order valence-electron chi connectivity index (χ1n) is 10.4. The smallest absolute Gasteiger partial charge is 0.219 e. The maximum atomic E-state index is 11.7. The Hall–Kier alpha value is -3.29. The van der Waals surface area contributed by atoms with Gasteiger partial charge in [0.1, 0.15) is 5.82 Å². The first-order chi connectivity index (χ1) is 14.5. The van der Waals surface area contributed by atoms with E-state index in [1.807, 2.05) is 35.4 Å². The molecule has 1 unspecified atom stereocenters. The van der Waals surface area contributed by atoms with Crippen LogP contribution in [0, 0.1) is 0 Å². The lowest BCUT2D eigenvalue weighted by atomic mass is 10.1. The van der Waals surface area contributed by atoms with Crippen LogP contribution in [0.2, 0.25) is 0 Å². The van der Waals surface area contributed by atoms with Crippen molar-refractivity contribution in [2.75, 3.05) is 23.7 Å². The minimum absolute atomic E-state index is 0.125. The fourth-order valence-electron chi connectivity index (χ4n) is 3.66. The number of hydrogen-bond donors (Lipinski definition) is 2. The molecule has 156 valence electrons. The van der Waals surface area contributed by atoms with E-state index >= 15 is 0 Å². The molecule has 1 fully saturated rings. The maximum Gasteiger partial charge on any atom is 0.219 e. The van der Waals surface area contributed by atoms with E-state index < -0.39 is 0 Å². The van der Waals surface area contributed by atoms with E-state index in [1.165, 1.54) is 0 Å². The van der Waals surface area contributed by atoms with Crippen LogP contribution >= 0.6 is 0 Å². The summed E-state index contributed by atoms with van der Waals surface area (Å²) < 4.78 is 0. The number of nitrogens with one attached hydrogen (secondary N) is 2. The molecule has 1 amide bonds. The zero-order chi connectivity index (χ0) is 21.1. The van der Waals surface area contributed by atoms with Crippen LogP contribution in [0.15, 0.2) is 36.7 Å². The van der Waals surface area contributed by atoms with E-state index in [4.69, 9.17) is 4.98 Å². The average molecular weight is 406 g/mol. The topological polar surface area (TPSA) is 95.9 Å². The summed E-state index contributed by atoms with van der Waals surface area (Å²) in [6, 6.07) is 8.03. The lowest BCUT2D eigenvalue weighted by Crippen LogP contribution is -2.44. The highest BCUT2D eigenvalue weighted by Gasteiger charge is 2.21. The molecular weight excluding hydrogens is 378 g/mol. The van der Waals surface area contributed by atoms with Crippen molar-refractivity contribution >= 4 is 34.3 Å². The number of fused-ring (bicyclic) bond motifs is 1. The molecular formula is C22H27N7O. The van der Waals surface area contributed by atoms with E-state index in [9.17, 15) is 4.79 Å². The van der Waals surface area contributed by atoms with Gasteiger partial charge in [-0.3, -0.25) is 9.78 Å². The molecule has 4 rings (SSSR count). The summed E-state index contributed by atoms with van der Waals surface area (Å²) in [5, 5.41) is 15.0. The lowest BCUT2D eigenvalue weighted by Gasteiger charge is -2.33. The quantitative estimate of drug-likeness (QED) is 0.668. The molecule has 0 aromatic carbocycles. The van der Waals surface area contributed by atoms with Gasteiger partial charge in [0.15, 0.2) is 5.82 Å². The minimum atomic E-state index is 0.125. The predicted octanol–water partition coefficient (Wildman–Crippen LogP) is 3.71. The van der Waals surface area contributed by atoms with Gasteiger partial charge in [-0.2, -0.15) is 5.10 Å². The molecule has 8 nitrogen and oxygen atoms in total. The lowest BCUT2D eigenvalue weighted by molar-refractivity contribution is -0.129. The molecule has 3 aromatic heterocycles. The first-order valence-corrected chi connectivity index (χ1v) is 10.4. The SMILES string of the molecule is CC(=O)N1CCCC(Nc2cnc3ccc(Nc4cc(C(C)C)cnn4)nc3c2)C1. The van der Waals surface area contributed by atoms with Crippen molar-refractivity contribution < 1.29 is 4.79 Å². The number of rotatable bonds is 5. The number of carbonyl (C=O) groups is 1. The first kappa shape index (κ1) is 20.0. The highest BCUT2D eigenvalue weighted by Crippen LogP contribution is 2.22. The molecule has 0 aliphatic carbocycles. The number of piperidine rings is 1. The van der Waals surface area contributed by atoms with E-state index in [0.717, 1.165) is 41.7 Å². The number of nitrogens with zero attached hydrogens (tertiary/aromatic N) is 5. The second-order valence-electron chi connectivity index (χ2n) is 8.06. The van der Waals surface area contributed by atoms with Crippen molar-refractivity contribution in [3.05, 3.63) is 42.2 Å². The standard InChI is InChI=1S/C22H27N7O/c1-14(2)16-9-22(28-24-11-16)27-21-7-6-19-20(26-21)10-18(12-23-19)25-17-5-4-8-29(13-17)15(3)30/h6-7,9-12,14,17,25H,4-5,8,13H2,1-3H3,(H,26,27,28). The van der Waals surface area contributed by atoms with Crippen LogP contribution in [0.1, 0.15) is 45.1 Å². The molecule has 0 radical (unpaired) electrons. The average Bonchev–Trinajstić information content (AvgIpc) is 2.74. The summed E-state index contributed by atoms with van der Waals surface area (Å²) in [4.78, 5) is 22.8. The van der Waals surface area contributed by atoms with E-state index in [-0.39, 0.29) is 11.9 Å². The molecule has 0 bridgehead atoms. The van der Waals surface area contributed by atoms with Crippen molar-refractivity contribution in [3.63, 3.8) is 0 Å². The number of likely N-dealkylation sites (tertiary alicyclic amines) is 1. The van der Waals surface area contributed by atoms with Gasteiger partial charge in [-0.05, 0) is 48.6 Å². The van der Waals surface area contributed by atoms with Crippen molar-refractivity contribution in [1.82, 2.24) is 25.1 Å². The van der Waals surface area contributed by atoms with E-state index in [2.05, 4.69) is 39.7 Å². The van der Waals surface area contributed by atoms with Crippen LogP contribution in [-0.4, -0.2) is 50.1 Å². The van der Waals surface area contributed by atoms with Gasteiger partial charge in [-0.25, -0.2) is 4.98 Å². The molecule has 30 heavy (non-hydrogen) atoms. The third kappa shape index (κ3) is 4.64. The largest absolute Gasteiger partial charge is 0.379 e. The number of amides is 1. The van der Waals surface area contributed by atoms with Crippen LogP contribution in [0.25, 0.3) is 11.0 Å². The maximum absolute atomic E-state index is 11.7. The summed E-state index contributed by atoms with van der Waals surface area (Å²) in [6.45, 7) is 7.42. The predicted molar refractivity (Wildman–Crippen MR) is 118 cm³/mol. The Bertz CT molecular complexity index is 1050. The monoisotopic (exact) mass is 405 g/mol. The summed E-state index contributed by atoms with van der Waals surface area (Å²) >= 11 is 0. The Morgan fingerprint density at radius 3 is 2.83 bits per heavy atom. The van der Waals surface area contributed by atoms with Gasteiger partial charge >= 0.3 is 0 Å². The summed E-state index contributed by atoms with van der Waals surface area (Å²) in [6.07, 6.45) is 5.63. The third-order valence-electron chi connectivity index (χ3n) is 5.37. The van der Waals surface area contributed by atoms with E-state index in [1.54, 1.807) is 13.1 Å². The van der Waals surface area contributed by atoms with Crippen LogP contribution < -0.4 is 10.6 Å². The van der Waals surface area contributed by atoms with Gasteiger partial charge in [0.05, 0.1) is 29.1 Å². The van der Waals surface area contributed by atoms with Gasteiger partial charge in [0.25, 0.3) is 0 Å². The van der Waals surface area contributed by atoms with Gasteiger partial charge in [-0.1, -0.05) is 13.8 Å². The Labute approximate surface area is 176 Å². The minimum Gasteiger partial charge on any atom is -0.379 e. The third-order valence-corrected chi connectivity index (χ3v) is 5.37. The molecule has 8 heteroatoms. The Balaban J connectivity index is 1.51. The second-order valence-corrected chi connectivity index (χ2v) is 8.06. The highest BCUT2D eigenvalue weighted by atomic mass is 16.2. The summed E-state index contributed by atoms with van der Waals surface area (Å²) in [7, 11) is 0. The number of anilines is 3. The molecule has 3 aromatic rings. The molecule has 2 N–H and O–H groups in total. The highest BCUT2D eigenvalue weighted by molar-refractivity contribution is 5.80. The molecule has 1 atom stereocenters. The zero-order valence-electron chi connectivity index (χ0n) is 17.6. The zero-order valence-corrected chi connectivity index (χ0v) is 17.6. The van der Waals surface area contributed by atoms with Gasteiger partial charge in [-0.15, -0.1) is 5.10 Å². The normalized spacial score (nSPS) is 16.7. The van der Waals surface area contributed by atoms with E-state index in [0.29, 0.717) is 24.1 Å². The Morgan fingerprint density at radius 1 is 1.17 bits per heavy atom.